The Morgan fingerprint density at radius 2 is 1.59 bits per heavy atom. The van der Waals surface area contributed by atoms with Gasteiger partial charge in [0.1, 0.15) is 5.75 Å². The second-order valence-corrected chi connectivity index (χ2v) is 14.9. The Kier molecular flexibility index (Phi) is 10.4. The Labute approximate surface area is 180 Å². The lowest BCUT2D eigenvalue weighted by molar-refractivity contribution is 0.00419. The zero-order chi connectivity index (χ0) is 22.2. The molecule has 4 atom stereocenters. The molecule has 0 saturated carbocycles. The van der Waals surface area contributed by atoms with Crippen molar-refractivity contribution in [3.63, 3.8) is 0 Å². The molecular formula is C24H44O4Si. The maximum Gasteiger partial charge on any atom is 0.192 e. The normalized spacial score (nSPS) is 16.9. The standard InChI is InChI=1S/C24H44O4Si/c1-18(15-25)14-19(2)23(28-29(8,9)24(4,5)6)20(3)16-27-17-21-10-12-22(26-7)13-11-21/h10-13,18-20,23,25H,14-17H2,1-9H3/t18-,19-,20-,23+/m0/s1. The molecule has 1 aromatic rings. The fourth-order valence-corrected chi connectivity index (χ4v) is 4.83. The van der Waals surface area contributed by atoms with Crippen LogP contribution in [0, 0.1) is 17.8 Å². The van der Waals surface area contributed by atoms with E-state index in [9.17, 15) is 5.11 Å². The van der Waals surface area contributed by atoms with Crippen molar-refractivity contribution < 1.29 is 19.0 Å². The molecule has 0 unspecified atom stereocenters. The van der Waals surface area contributed by atoms with Crippen LogP contribution in [0.3, 0.4) is 0 Å². The summed E-state index contributed by atoms with van der Waals surface area (Å²) in [6.45, 7) is 19.5. The molecule has 1 aromatic carbocycles. The molecule has 0 aliphatic heterocycles. The van der Waals surface area contributed by atoms with Crippen molar-refractivity contribution in [3.05, 3.63) is 29.8 Å². The number of benzene rings is 1. The second kappa shape index (κ2) is 11.5. The van der Waals surface area contributed by atoms with Gasteiger partial charge in [0.25, 0.3) is 0 Å². The van der Waals surface area contributed by atoms with E-state index >= 15 is 0 Å². The van der Waals surface area contributed by atoms with Crippen LogP contribution in [-0.2, 0) is 15.8 Å². The van der Waals surface area contributed by atoms with E-state index in [2.05, 4.69) is 54.6 Å². The van der Waals surface area contributed by atoms with E-state index in [4.69, 9.17) is 13.9 Å². The molecule has 0 aliphatic rings. The zero-order valence-electron chi connectivity index (χ0n) is 20.1. The molecule has 0 radical (unpaired) electrons. The van der Waals surface area contributed by atoms with Gasteiger partial charge in [-0.3, -0.25) is 0 Å². The fourth-order valence-electron chi connectivity index (χ4n) is 3.33. The number of rotatable bonds is 12. The summed E-state index contributed by atoms with van der Waals surface area (Å²) in [4.78, 5) is 0. The van der Waals surface area contributed by atoms with Crippen LogP contribution in [0.2, 0.25) is 18.1 Å². The molecule has 1 rings (SSSR count). The third-order valence-corrected chi connectivity index (χ3v) is 10.7. The van der Waals surface area contributed by atoms with E-state index in [-0.39, 0.29) is 29.6 Å². The Balaban J connectivity index is 2.78. The van der Waals surface area contributed by atoms with Crippen LogP contribution in [0.15, 0.2) is 24.3 Å². The average Bonchev–Trinajstić information content (AvgIpc) is 2.65. The maximum atomic E-state index is 9.50. The van der Waals surface area contributed by atoms with E-state index in [0.29, 0.717) is 19.1 Å². The SMILES string of the molecule is COc1ccc(COC[C@H](C)[C@H](O[Si](C)(C)C(C)(C)C)[C@@H](C)C[C@H](C)CO)cc1. The summed E-state index contributed by atoms with van der Waals surface area (Å²) in [5, 5.41) is 9.67. The minimum Gasteiger partial charge on any atom is -0.497 e. The Morgan fingerprint density at radius 1 is 1.00 bits per heavy atom. The van der Waals surface area contributed by atoms with Gasteiger partial charge in [-0.05, 0) is 54.1 Å². The molecule has 168 valence electrons. The van der Waals surface area contributed by atoms with Gasteiger partial charge in [0, 0.05) is 12.5 Å². The minimum atomic E-state index is -1.90. The minimum absolute atomic E-state index is 0.126. The molecule has 0 fully saturated rings. The predicted octanol–water partition coefficient (Wildman–Crippen LogP) is 5.89. The van der Waals surface area contributed by atoms with Crippen molar-refractivity contribution >= 4 is 8.32 Å². The smallest absolute Gasteiger partial charge is 0.192 e. The van der Waals surface area contributed by atoms with Gasteiger partial charge in [-0.2, -0.15) is 0 Å². The van der Waals surface area contributed by atoms with Gasteiger partial charge in [0.15, 0.2) is 8.32 Å². The summed E-state index contributed by atoms with van der Waals surface area (Å²) in [5.74, 6) is 1.79. The topological polar surface area (TPSA) is 47.9 Å². The number of aliphatic hydroxyl groups is 1. The highest BCUT2D eigenvalue weighted by Gasteiger charge is 2.41. The van der Waals surface area contributed by atoms with Crippen LogP contribution >= 0.6 is 0 Å². The van der Waals surface area contributed by atoms with Gasteiger partial charge in [0.2, 0.25) is 0 Å². The molecule has 0 heterocycles. The molecule has 0 saturated heterocycles. The number of aliphatic hydroxyl groups excluding tert-OH is 1. The molecule has 4 nitrogen and oxygen atoms in total. The summed E-state index contributed by atoms with van der Waals surface area (Å²) in [7, 11) is -0.225. The van der Waals surface area contributed by atoms with Gasteiger partial charge in [-0.15, -0.1) is 0 Å². The summed E-state index contributed by atoms with van der Waals surface area (Å²) >= 11 is 0. The molecule has 0 spiro atoms. The Bertz CT molecular complexity index is 580. The van der Waals surface area contributed by atoms with Gasteiger partial charge in [-0.25, -0.2) is 0 Å². The summed E-state index contributed by atoms with van der Waals surface area (Å²) < 4.78 is 18.1. The predicted molar refractivity (Wildman–Crippen MR) is 124 cm³/mol. The lowest BCUT2D eigenvalue weighted by atomic mass is 9.87. The first kappa shape index (κ1) is 26.2. The van der Waals surface area contributed by atoms with Crippen molar-refractivity contribution in [2.45, 2.75) is 78.8 Å². The second-order valence-electron chi connectivity index (χ2n) is 10.2. The summed E-state index contributed by atoms with van der Waals surface area (Å²) in [6.07, 6.45) is 1.08. The number of ether oxygens (including phenoxy) is 2. The number of methoxy groups -OCH3 is 1. The van der Waals surface area contributed by atoms with Crippen LogP contribution in [0.5, 0.6) is 5.75 Å². The maximum absolute atomic E-state index is 9.50. The Morgan fingerprint density at radius 3 is 2.07 bits per heavy atom. The van der Waals surface area contributed by atoms with E-state index in [1.54, 1.807) is 7.11 Å². The van der Waals surface area contributed by atoms with E-state index < -0.39 is 8.32 Å². The highest BCUT2D eigenvalue weighted by Crippen LogP contribution is 2.39. The molecule has 0 amide bonds. The van der Waals surface area contributed by atoms with Gasteiger partial charge < -0.3 is 19.0 Å². The van der Waals surface area contributed by atoms with Gasteiger partial charge >= 0.3 is 0 Å². The lowest BCUT2D eigenvalue weighted by Gasteiger charge is -2.43. The van der Waals surface area contributed by atoms with Crippen LogP contribution in [0.1, 0.15) is 53.5 Å². The first-order valence-corrected chi connectivity index (χ1v) is 13.8. The van der Waals surface area contributed by atoms with Crippen molar-refractivity contribution in [1.29, 1.82) is 0 Å². The third kappa shape index (κ3) is 8.40. The summed E-state index contributed by atoms with van der Waals surface area (Å²) in [5.41, 5.74) is 1.14. The van der Waals surface area contributed by atoms with Crippen LogP contribution in [0.25, 0.3) is 0 Å². The Hall–Kier alpha value is -0.883. The quantitative estimate of drug-likeness (QED) is 0.425. The lowest BCUT2D eigenvalue weighted by Crippen LogP contribution is -2.48. The van der Waals surface area contributed by atoms with Crippen molar-refractivity contribution in [1.82, 2.24) is 0 Å². The first-order valence-electron chi connectivity index (χ1n) is 10.9. The van der Waals surface area contributed by atoms with Crippen LogP contribution in [-0.4, -0.2) is 39.9 Å². The van der Waals surface area contributed by atoms with Crippen LogP contribution < -0.4 is 4.74 Å². The molecular weight excluding hydrogens is 380 g/mol. The van der Waals surface area contributed by atoms with E-state index in [1.807, 2.05) is 24.3 Å². The molecule has 5 heteroatoms. The average molecular weight is 425 g/mol. The zero-order valence-corrected chi connectivity index (χ0v) is 21.1. The van der Waals surface area contributed by atoms with E-state index in [1.165, 1.54) is 0 Å². The number of hydrogen-bond acceptors (Lipinski definition) is 4. The largest absolute Gasteiger partial charge is 0.497 e. The monoisotopic (exact) mass is 424 g/mol. The van der Waals surface area contributed by atoms with E-state index in [0.717, 1.165) is 17.7 Å². The van der Waals surface area contributed by atoms with Crippen molar-refractivity contribution in [2.75, 3.05) is 20.3 Å². The molecule has 0 aliphatic carbocycles. The molecule has 1 N–H and O–H groups in total. The first-order chi connectivity index (χ1) is 13.4. The fraction of sp³-hybridized carbons (Fsp3) is 0.750. The number of hydrogen-bond donors (Lipinski definition) is 1. The third-order valence-electron chi connectivity index (χ3n) is 6.25. The van der Waals surface area contributed by atoms with Crippen molar-refractivity contribution in [2.24, 2.45) is 17.8 Å². The van der Waals surface area contributed by atoms with Gasteiger partial charge in [0.05, 0.1) is 26.4 Å². The van der Waals surface area contributed by atoms with Crippen molar-refractivity contribution in [3.8, 4) is 5.75 Å². The summed E-state index contributed by atoms with van der Waals surface area (Å²) in [6, 6.07) is 8.00. The molecule has 0 bridgehead atoms. The highest BCUT2D eigenvalue weighted by atomic mass is 28.4. The van der Waals surface area contributed by atoms with Crippen LogP contribution in [0.4, 0.5) is 0 Å². The highest BCUT2D eigenvalue weighted by molar-refractivity contribution is 6.74. The molecule has 0 aromatic heterocycles. The van der Waals surface area contributed by atoms with Gasteiger partial charge in [-0.1, -0.05) is 53.7 Å². The molecule has 29 heavy (non-hydrogen) atoms.